The fourth-order valence-corrected chi connectivity index (χ4v) is 5.17. The standard InChI is InChI=1S/C44H34O2/c1-31-13-19-35(20-14-31)23-17-33(3)45-43-29-25-37-9-5-7-11-39(37)41(43)27-28-42-40-12-8-6-10-38(40)26-30-44(42)46-34(4)18-24-36-21-15-32(2)16-22-36/h5-16,19-22,25-26,29-30,33-34H,1-4H3/t33-,34-/m1/s1. The first-order valence-electron chi connectivity index (χ1n) is 15.5. The Hall–Kier alpha value is -5.88. The summed E-state index contributed by atoms with van der Waals surface area (Å²) in [7, 11) is 0. The van der Waals surface area contributed by atoms with Crippen molar-refractivity contribution in [3.8, 4) is 47.0 Å². The van der Waals surface area contributed by atoms with Crippen molar-refractivity contribution in [2.45, 2.75) is 39.9 Å². The van der Waals surface area contributed by atoms with Crippen LogP contribution in [0.2, 0.25) is 0 Å². The summed E-state index contributed by atoms with van der Waals surface area (Å²) in [4.78, 5) is 0. The lowest BCUT2D eigenvalue weighted by atomic mass is 10.0. The van der Waals surface area contributed by atoms with Crippen LogP contribution in [-0.2, 0) is 0 Å². The Labute approximate surface area is 272 Å². The van der Waals surface area contributed by atoms with Gasteiger partial charge in [0.05, 0.1) is 11.1 Å². The predicted molar refractivity (Wildman–Crippen MR) is 190 cm³/mol. The highest BCUT2D eigenvalue weighted by molar-refractivity contribution is 5.93. The van der Waals surface area contributed by atoms with Crippen LogP contribution in [0.3, 0.4) is 0 Å². The molecule has 0 heterocycles. The Morgan fingerprint density at radius 3 is 1.24 bits per heavy atom. The Morgan fingerprint density at radius 2 is 0.826 bits per heavy atom. The molecule has 0 aliphatic rings. The van der Waals surface area contributed by atoms with Crippen LogP contribution in [-0.4, -0.2) is 12.2 Å². The van der Waals surface area contributed by atoms with Gasteiger partial charge in [0, 0.05) is 21.9 Å². The number of hydrogen-bond donors (Lipinski definition) is 0. The molecule has 0 bridgehead atoms. The number of aryl methyl sites for hydroxylation is 2. The number of fused-ring (bicyclic) bond motifs is 2. The summed E-state index contributed by atoms with van der Waals surface area (Å²) in [6.07, 6.45) is -0.681. The van der Waals surface area contributed by atoms with Crippen LogP contribution in [0.15, 0.2) is 121 Å². The van der Waals surface area contributed by atoms with Gasteiger partial charge in [0.25, 0.3) is 0 Å². The molecule has 0 saturated heterocycles. The lowest BCUT2D eigenvalue weighted by molar-refractivity contribution is 0.278. The molecule has 6 rings (SSSR count). The van der Waals surface area contributed by atoms with E-state index in [1.54, 1.807) is 0 Å². The molecule has 2 atom stereocenters. The third kappa shape index (κ3) is 7.25. The number of rotatable bonds is 4. The maximum atomic E-state index is 6.43. The largest absolute Gasteiger partial charge is 0.477 e. The summed E-state index contributed by atoms with van der Waals surface area (Å²) >= 11 is 0. The van der Waals surface area contributed by atoms with Gasteiger partial charge in [0.1, 0.15) is 11.5 Å². The van der Waals surface area contributed by atoms with Crippen LogP contribution in [0.1, 0.15) is 47.2 Å². The Balaban J connectivity index is 1.37. The molecule has 6 aromatic carbocycles. The third-order valence-corrected chi connectivity index (χ3v) is 7.64. The number of ether oxygens (including phenoxy) is 2. The zero-order valence-corrected chi connectivity index (χ0v) is 26.5. The van der Waals surface area contributed by atoms with Gasteiger partial charge in [-0.2, -0.15) is 0 Å². The molecule has 2 nitrogen and oxygen atoms in total. The van der Waals surface area contributed by atoms with Crippen molar-refractivity contribution in [3.63, 3.8) is 0 Å². The zero-order chi connectivity index (χ0) is 31.9. The first-order chi connectivity index (χ1) is 22.4. The van der Waals surface area contributed by atoms with Gasteiger partial charge in [0.15, 0.2) is 12.2 Å². The molecular formula is C44H34O2. The summed E-state index contributed by atoms with van der Waals surface area (Å²) in [6.45, 7) is 8.06. The highest BCUT2D eigenvalue weighted by Gasteiger charge is 2.12. The van der Waals surface area contributed by atoms with Gasteiger partial charge in [-0.3, -0.25) is 0 Å². The summed E-state index contributed by atoms with van der Waals surface area (Å²) in [6, 6.07) is 40.9. The van der Waals surface area contributed by atoms with E-state index in [-0.39, 0.29) is 12.2 Å². The summed E-state index contributed by atoms with van der Waals surface area (Å²) in [5.41, 5.74) is 5.96. The van der Waals surface area contributed by atoms with Crippen molar-refractivity contribution in [3.05, 3.63) is 155 Å². The molecule has 46 heavy (non-hydrogen) atoms. The van der Waals surface area contributed by atoms with Crippen LogP contribution < -0.4 is 9.47 Å². The molecule has 0 aromatic heterocycles. The fourth-order valence-electron chi connectivity index (χ4n) is 5.17. The molecule has 0 fully saturated rings. The molecule has 0 aliphatic heterocycles. The van der Waals surface area contributed by atoms with E-state index in [0.29, 0.717) is 11.5 Å². The van der Waals surface area contributed by atoms with Gasteiger partial charge >= 0.3 is 0 Å². The average molecular weight is 595 g/mol. The van der Waals surface area contributed by atoms with E-state index in [0.717, 1.165) is 43.8 Å². The molecule has 0 N–H and O–H groups in total. The van der Waals surface area contributed by atoms with Crippen molar-refractivity contribution in [1.82, 2.24) is 0 Å². The molecule has 222 valence electrons. The molecule has 0 unspecified atom stereocenters. The van der Waals surface area contributed by atoms with E-state index in [9.17, 15) is 0 Å². The first-order valence-corrected chi connectivity index (χ1v) is 15.5. The molecule has 0 aliphatic carbocycles. The van der Waals surface area contributed by atoms with E-state index < -0.39 is 0 Å². The van der Waals surface area contributed by atoms with Crippen molar-refractivity contribution in [2.24, 2.45) is 0 Å². The normalized spacial score (nSPS) is 11.7. The first kappa shape index (κ1) is 30.2. The van der Waals surface area contributed by atoms with Gasteiger partial charge in [0.2, 0.25) is 0 Å². The van der Waals surface area contributed by atoms with Gasteiger partial charge in [-0.25, -0.2) is 0 Å². The van der Waals surface area contributed by atoms with E-state index in [4.69, 9.17) is 9.47 Å². The van der Waals surface area contributed by atoms with Crippen LogP contribution in [0.4, 0.5) is 0 Å². The lowest BCUT2D eigenvalue weighted by Gasteiger charge is -2.14. The highest BCUT2D eigenvalue weighted by Crippen LogP contribution is 2.31. The molecule has 0 saturated carbocycles. The van der Waals surface area contributed by atoms with Gasteiger partial charge in [-0.15, -0.1) is 0 Å². The minimum Gasteiger partial charge on any atom is -0.477 e. The Morgan fingerprint density at radius 1 is 0.435 bits per heavy atom. The van der Waals surface area contributed by atoms with Gasteiger partial charge in [-0.05, 0) is 74.9 Å². The number of hydrogen-bond acceptors (Lipinski definition) is 2. The maximum absolute atomic E-state index is 6.43. The fraction of sp³-hybridized carbons (Fsp3) is 0.136. The SMILES string of the molecule is Cc1ccc(C#C[C@@H](C)Oc2ccc3ccccc3c2C#Cc2c(O[C@H](C)C#Cc3ccc(C)cc3)ccc3ccccc23)cc1. The van der Waals surface area contributed by atoms with Crippen molar-refractivity contribution >= 4 is 21.5 Å². The second kappa shape index (κ2) is 13.8. The van der Waals surface area contributed by atoms with Gasteiger partial charge < -0.3 is 9.47 Å². The van der Waals surface area contributed by atoms with E-state index in [2.05, 4.69) is 110 Å². The minimum absolute atomic E-state index is 0.340. The minimum atomic E-state index is -0.340. The van der Waals surface area contributed by atoms with E-state index in [1.165, 1.54) is 11.1 Å². The third-order valence-electron chi connectivity index (χ3n) is 7.64. The van der Waals surface area contributed by atoms with Gasteiger partial charge in [-0.1, -0.05) is 132 Å². The number of benzene rings is 6. The monoisotopic (exact) mass is 594 g/mol. The average Bonchev–Trinajstić information content (AvgIpc) is 3.07. The zero-order valence-electron chi connectivity index (χ0n) is 26.5. The second-order valence-corrected chi connectivity index (χ2v) is 11.4. The van der Waals surface area contributed by atoms with E-state index in [1.807, 2.05) is 74.5 Å². The van der Waals surface area contributed by atoms with Crippen LogP contribution >= 0.6 is 0 Å². The van der Waals surface area contributed by atoms with Crippen LogP contribution in [0.5, 0.6) is 11.5 Å². The van der Waals surface area contributed by atoms with Crippen molar-refractivity contribution in [1.29, 1.82) is 0 Å². The summed E-state index contributed by atoms with van der Waals surface area (Å²) in [5.74, 6) is 21.3. The molecular weight excluding hydrogens is 560 g/mol. The summed E-state index contributed by atoms with van der Waals surface area (Å²) < 4.78 is 12.9. The maximum Gasteiger partial charge on any atom is 0.156 e. The highest BCUT2D eigenvalue weighted by atomic mass is 16.5. The van der Waals surface area contributed by atoms with Crippen LogP contribution in [0.25, 0.3) is 21.5 Å². The molecule has 2 heteroatoms. The topological polar surface area (TPSA) is 18.5 Å². The molecule has 0 amide bonds. The Bertz CT molecular complexity index is 2050. The van der Waals surface area contributed by atoms with Crippen molar-refractivity contribution < 1.29 is 9.47 Å². The molecule has 0 radical (unpaired) electrons. The van der Waals surface area contributed by atoms with E-state index >= 15 is 0 Å². The second-order valence-electron chi connectivity index (χ2n) is 11.4. The van der Waals surface area contributed by atoms with Crippen LogP contribution in [0, 0.1) is 49.4 Å². The summed E-state index contributed by atoms with van der Waals surface area (Å²) in [5, 5.41) is 4.22. The molecule has 6 aromatic rings. The lowest BCUT2D eigenvalue weighted by Crippen LogP contribution is -2.10. The quantitative estimate of drug-likeness (QED) is 0.189. The Kier molecular flexibility index (Phi) is 9.07. The van der Waals surface area contributed by atoms with Crippen molar-refractivity contribution in [2.75, 3.05) is 0 Å². The smallest absolute Gasteiger partial charge is 0.156 e. The predicted octanol–water partition coefficient (Wildman–Crippen LogP) is 9.65. The molecule has 0 spiro atoms.